The molecule has 0 radical (unpaired) electrons. The lowest BCUT2D eigenvalue weighted by Crippen LogP contribution is -2.64. The Hall–Kier alpha value is -3.15. The average molecular weight is 456 g/mol. The summed E-state index contributed by atoms with van der Waals surface area (Å²) in [6.07, 6.45) is 3.46. The Morgan fingerprint density at radius 2 is 1.88 bits per heavy atom. The molecule has 2 aromatic carbocycles. The Labute approximate surface area is 200 Å². The fourth-order valence-corrected chi connectivity index (χ4v) is 6.25. The Bertz CT molecular complexity index is 1450. The van der Waals surface area contributed by atoms with Gasteiger partial charge in [0, 0.05) is 29.0 Å². The number of rotatable bonds is 1. The van der Waals surface area contributed by atoms with Crippen molar-refractivity contribution in [2.45, 2.75) is 71.3 Å². The molecular formula is C28H33N5O. The minimum absolute atomic E-state index is 0.0173. The van der Waals surface area contributed by atoms with Crippen LogP contribution in [0.25, 0.3) is 22.1 Å². The molecular weight excluding hydrogens is 422 g/mol. The first-order chi connectivity index (χ1) is 16.0. The van der Waals surface area contributed by atoms with Crippen molar-refractivity contribution < 1.29 is 4.79 Å². The molecule has 6 nitrogen and oxygen atoms in total. The fraction of sp³-hybridized carbons (Fsp3) is 0.464. The summed E-state index contributed by atoms with van der Waals surface area (Å²) in [6, 6.07) is 10.5. The van der Waals surface area contributed by atoms with Crippen LogP contribution in [0.5, 0.6) is 0 Å². The largest absolute Gasteiger partial charge is 0.345 e. The molecule has 1 aliphatic carbocycles. The molecule has 2 aromatic heterocycles. The van der Waals surface area contributed by atoms with Crippen LogP contribution in [0.4, 0.5) is 0 Å². The van der Waals surface area contributed by atoms with Crippen LogP contribution >= 0.6 is 0 Å². The number of fused-ring (bicyclic) bond motifs is 6. The molecule has 2 aliphatic rings. The first-order valence-corrected chi connectivity index (χ1v) is 12.3. The van der Waals surface area contributed by atoms with E-state index in [-0.39, 0.29) is 28.2 Å². The molecule has 1 aliphatic heterocycles. The van der Waals surface area contributed by atoms with Crippen LogP contribution < -0.4 is 0 Å². The molecule has 1 amide bonds. The van der Waals surface area contributed by atoms with E-state index >= 15 is 0 Å². The number of nitrogens with one attached hydrogen (secondary N) is 2. The predicted molar refractivity (Wildman–Crippen MR) is 135 cm³/mol. The molecule has 176 valence electrons. The van der Waals surface area contributed by atoms with Crippen molar-refractivity contribution in [1.29, 1.82) is 0 Å². The van der Waals surface area contributed by atoms with Gasteiger partial charge in [-0.05, 0) is 59.7 Å². The topological polar surface area (TPSA) is 77.7 Å². The first kappa shape index (κ1) is 21.4. The standard InChI is InChI=1S/C28H33N5O/c1-26(2,3)25-31-21-12-17-13-23-27(4,5)28(6,18(17)14-22(21)32-25)9-10-33(23)24(34)16-7-8-19-20(11-16)30-15-29-19/h7-8,11-12,14-15,23H,9-10,13H2,1-6H3,(H,29,30)(H,31,32)/t23?,28-/m0/s1. The maximum absolute atomic E-state index is 13.8. The number of piperidine rings is 1. The monoisotopic (exact) mass is 455 g/mol. The minimum Gasteiger partial charge on any atom is -0.345 e. The molecule has 2 bridgehead atoms. The van der Waals surface area contributed by atoms with Gasteiger partial charge < -0.3 is 14.9 Å². The molecule has 4 aromatic rings. The van der Waals surface area contributed by atoms with Gasteiger partial charge in [-0.1, -0.05) is 41.5 Å². The number of benzene rings is 2. The number of likely N-dealkylation sites (tertiary alicyclic amines) is 1. The van der Waals surface area contributed by atoms with Crippen molar-refractivity contribution in [2.24, 2.45) is 5.41 Å². The van der Waals surface area contributed by atoms with E-state index in [4.69, 9.17) is 4.98 Å². The molecule has 2 atom stereocenters. The summed E-state index contributed by atoms with van der Waals surface area (Å²) in [5.74, 6) is 1.12. The number of carbonyl (C=O) groups excluding carboxylic acids is 1. The third kappa shape index (κ3) is 2.83. The molecule has 1 saturated heterocycles. The second-order valence-corrected chi connectivity index (χ2v) is 12.0. The lowest BCUT2D eigenvalue weighted by Gasteiger charge is -2.60. The zero-order valence-electron chi connectivity index (χ0n) is 20.9. The van der Waals surface area contributed by atoms with Crippen LogP contribution in [-0.4, -0.2) is 43.3 Å². The van der Waals surface area contributed by atoms with Crippen LogP contribution in [0.3, 0.4) is 0 Å². The normalized spacial score (nSPS) is 23.9. The molecule has 6 heteroatoms. The Kier molecular flexibility index (Phi) is 4.22. The van der Waals surface area contributed by atoms with Gasteiger partial charge in [0.15, 0.2) is 0 Å². The van der Waals surface area contributed by atoms with Gasteiger partial charge in [-0.25, -0.2) is 9.97 Å². The van der Waals surface area contributed by atoms with Gasteiger partial charge in [-0.3, -0.25) is 4.79 Å². The summed E-state index contributed by atoms with van der Waals surface area (Å²) in [5, 5.41) is 0. The van der Waals surface area contributed by atoms with Crippen molar-refractivity contribution in [3.05, 3.63) is 59.2 Å². The van der Waals surface area contributed by atoms with E-state index in [9.17, 15) is 4.79 Å². The minimum atomic E-state index is -0.0629. The van der Waals surface area contributed by atoms with Crippen molar-refractivity contribution in [3.63, 3.8) is 0 Å². The quantitative estimate of drug-likeness (QED) is 0.398. The number of nitrogens with zero attached hydrogens (tertiary/aromatic N) is 3. The number of imidazole rings is 2. The van der Waals surface area contributed by atoms with Gasteiger partial charge in [-0.15, -0.1) is 0 Å². The first-order valence-electron chi connectivity index (χ1n) is 12.3. The van der Waals surface area contributed by atoms with Gasteiger partial charge in [0.05, 0.1) is 28.4 Å². The lowest BCUT2D eigenvalue weighted by atomic mass is 9.51. The Morgan fingerprint density at radius 3 is 2.65 bits per heavy atom. The molecule has 3 heterocycles. The predicted octanol–water partition coefficient (Wildman–Crippen LogP) is 5.49. The summed E-state index contributed by atoms with van der Waals surface area (Å²) in [5.41, 5.74) is 7.27. The summed E-state index contributed by atoms with van der Waals surface area (Å²) < 4.78 is 0. The highest BCUT2D eigenvalue weighted by Gasteiger charge is 2.57. The Morgan fingerprint density at radius 1 is 1.09 bits per heavy atom. The number of carbonyl (C=O) groups is 1. The van der Waals surface area contributed by atoms with E-state index in [2.05, 4.69) is 73.5 Å². The third-order valence-electron chi connectivity index (χ3n) is 8.84. The number of H-pyrrole nitrogens is 2. The van der Waals surface area contributed by atoms with E-state index in [1.54, 1.807) is 6.33 Å². The number of hydrogen-bond acceptors (Lipinski definition) is 3. The highest BCUT2D eigenvalue weighted by atomic mass is 16.2. The van der Waals surface area contributed by atoms with Crippen molar-refractivity contribution in [3.8, 4) is 0 Å². The van der Waals surface area contributed by atoms with Crippen molar-refractivity contribution >= 4 is 28.0 Å². The summed E-state index contributed by atoms with van der Waals surface area (Å²) >= 11 is 0. The second kappa shape index (κ2) is 6.71. The zero-order chi connectivity index (χ0) is 24.0. The average Bonchev–Trinajstić information content (AvgIpc) is 3.41. The number of hydrogen-bond donors (Lipinski definition) is 2. The molecule has 2 N–H and O–H groups in total. The van der Waals surface area contributed by atoms with Crippen LogP contribution in [-0.2, 0) is 17.3 Å². The van der Waals surface area contributed by atoms with Crippen molar-refractivity contribution in [1.82, 2.24) is 24.8 Å². The molecule has 34 heavy (non-hydrogen) atoms. The van der Waals surface area contributed by atoms with E-state index in [1.807, 2.05) is 18.2 Å². The zero-order valence-corrected chi connectivity index (χ0v) is 20.9. The molecule has 6 rings (SSSR count). The SMILES string of the molecule is CC(C)(C)c1nc2cc3c(cc2[nH]1)[C@]1(C)CCN(C(=O)c2ccc4nc[nH]c4c2)C(C3)C1(C)C. The van der Waals surface area contributed by atoms with Crippen molar-refractivity contribution in [2.75, 3.05) is 6.54 Å². The smallest absolute Gasteiger partial charge is 0.254 e. The second-order valence-electron chi connectivity index (χ2n) is 12.0. The summed E-state index contributed by atoms with van der Waals surface area (Å²) in [7, 11) is 0. The van der Waals surface area contributed by atoms with Gasteiger partial charge in [0.2, 0.25) is 0 Å². The maximum atomic E-state index is 13.8. The number of aromatic nitrogens is 4. The van der Waals surface area contributed by atoms with Gasteiger partial charge in [-0.2, -0.15) is 0 Å². The number of amides is 1. The molecule has 0 saturated carbocycles. The van der Waals surface area contributed by atoms with E-state index in [1.165, 1.54) is 11.1 Å². The van der Waals surface area contributed by atoms with Crippen LogP contribution in [0.15, 0.2) is 36.7 Å². The van der Waals surface area contributed by atoms with Crippen LogP contribution in [0.2, 0.25) is 0 Å². The highest BCUT2D eigenvalue weighted by Crippen LogP contribution is 2.56. The summed E-state index contributed by atoms with van der Waals surface area (Å²) in [4.78, 5) is 31.8. The van der Waals surface area contributed by atoms with E-state index in [0.29, 0.717) is 0 Å². The lowest BCUT2D eigenvalue weighted by molar-refractivity contribution is -0.0261. The number of aromatic amines is 2. The molecule has 0 spiro atoms. The van der Waals surface area contributed by atoms with E-state index < -0.39 is 0 Å². The molecule has 1 fully saturated rings. The van der Waals surface area contributed by atoms with Gasteiger partial charge >= 0.3 is 0 Å². The molecule has 1 unspecified atom stereocenters. The third-order valence-corrected chi connectivity index (χ3v) is 8.84. The maximum Gasteiger partial charge on any atom is 0.254 e. The van der Waals surface area contributed by atoms with Gasteiger partial charge in [0.1, 0.15) is 5.82 Å². The van der Waals surface area contributed by atoms with E-state index in [0.717, 1.165) is 52.8 Å². The summed E-state index contributed by atoms with van der Waals surface area (Å²) in [6.45, 7) is 14.4. The van der Waals surface area contributed by atoms with Crippen LogP contribution in [0.1, 0.15) is 75.3 Å². The van der Waals surface area contributed by atoms with Gasteiger partial charge in [0.25, 0.3) is 5.91 Å². The highest BCUT2D eigenvalue weighted by molar-refractivity contribution is 5.97. The Balaban J connectivity index is 1.43. The fourth-order valence-electron chi connectivity index (χ4n) is 6.25. The van der Waals surface area contributed by atoms with Crippen LogP contribution in [0, 0.1) is 5.41 Å².